The molecule has 0 fully saturated rings. The lowest BCUT2D eigenvalue weighted by Gasteiger charge is -2.42. The first-order valence-corrected chi connectivity index (χ1v) is 17.6. The SMILES string of the molecule is c1ccc2c(c1)Sc1ccccc1C21c2ccccc2-c2cc3c(cc21)C1(c2ccccc2Sc2ccccc21)c1ccccc1-3. The molecule has 0 saturated heterocycles. The largest absolute Gasteiger partial charge is 0.0894 e. The van der Waals surface area contributed by atoms with Crippen molar-refractivity contribution in [1.82, 2.24) is 0 Å². The topological polar surface area (TPSA) is 0 Å². The number of hydrogen-bond donors (Lipinski definition) is 0. The van der Waals surface area contributed by atoms with Crippen LogP contribution >= 0.6 is 23.5 Å². The molecule has 4 aliphatic rings. The highest BCUT2D eigenvalue weighted by atomic mass is 32.2. The van der Waals surface area contributed by atoms with Crippen molar-refractivity contribution in [2.24, 2.45) is 0 Å². The summed E-state index contributed by atoms with van der Waals surface area (Å²) in [6, 6.07) is 60.0. The molecular weight excluding hydrogens is 593 g/mol. The van der Waals surface area contributed by atoms with E-state index in [1.807, 2.05) is 23.5 Å². The minimum atomic E-state index is -0.405. The van der Waals surface area contributed by atoms with Crippen LogP contribution in [0.25, 0.3) is 22.3 Å². The lowest BCUT2D eigenvalue weighted by molar-refractivity contribution is 0.701. The maximum Gasteiger partial charge on any atom is 0.0735 e. The van der Waals surface area contributed by atoms with Crippen LogP contribution < -0.4 is 0 Å². The highest BCUT2D eigenvalue weighted by Gasteiger charge is 2.54. The summed E-state index contributed by atoms with van der Waals surface area (Å²) in [7, 11) is 0. The van der Waals surface area contributed by atoms with Gasteiger partial charge in [-0.25, -0.2) is 0 Å². The summed E-state index contributed by atoms with van der Waals surface area (Å²) in [4.78, 5) is 5.36. The predicted molar refractivity (Wildman–Crippen MR) is 189 cm³/mol. The highest BCUT2D eigenvalue weighted by molar-refractivity contribution is 7.99. The van der Waals surface area contributed by atoms with Gasteiger partial charge in [-0.15, -0.1) is 0 Å². The second-order valence-electron chi connectivity index (χ2n) is 12.7. The Kier molecular flexibility index (Phi) is 4.94. The fourth-order valence-corrected chi connectivity index (χ4v) is 11.6. The summed E-state index contributed by atoms with van der Waals surface area (Å²) in [5.41, 5.74) is 15.7. The number of hydrogen-bond acceptors (Lipinski definition) is 2. The van der Waals surface area contributed by atoms with Crippen molar-refractivity contribution < 1.29 is 0 Å². The molecule has 214 valence electrons. The Morgan fingerprint density at radius 2 is 0.565 bits per heavy atom. The van der Waals surface area contributed by atoms with Crippen LogP contribution in [0.15, 0.2) is 177 Å². The Bertz CT molecular complexity index is 2190. The van der Waals surface area contributed by atoms with Gasteiger partial charge in [0.25, 0.3) is 0 Å². The van der Waals surface area contributed by atoms with Crippen molar-refractivity contribution in [3.63, 3.8) is 0 Å². The summed E-state index contributed by atoms with van der Waals surface area (Å²) >= 11 is 3.82. The van der Waals surface area contributed by atoms with Crippen molar-refractivity contribution >= 4 is 23.5 Å². The molecule has 2 heteroatoms. The standard InChI is InChI=1S/C44H26S2/c1-3-15-31-27(13-1)29-25-30-28-14-2-4-16-32(28)44(35-19-7-11-23-41(35)46-42-24-12-8-20-36(42)44)38(30)26-37(29)43(31)33-17-5-9-21-39(33)45-40-22-10-6-18-34(40)43/h1-26H. The second-order valence-corrected chi connectivity index (χ2v) is 14.9. The molecule has 2 aliphatic carbocycles. The molecule has 0 atom stereocenters. The first kappa shape index (κ1) is 25.4. The summed E-state index contributed by atoms with van der Waals surface area (Å²) in [6.07, 6.45) is 0. The van der Waals surface area contributed by atoms with Gasteiger partial charge in [-0.3, -0.25) is 0 Å². The van der Waals surface area contributed by atoms with E-state index in [0.717, 1.165) is 0 Å². The van der Waals surface area contributed by atoms with Crippen LogP contribution in [0.3, 0.4) is 0 Å². The van der Waals surface area contributed by atoms with E-state index in [1.165, 1.54) is 86.3 Å². The van der Waals surface area contributed by atoms with Crippen molar-refractivity contribution in [3.8, 4) is 22.3 Å². The smallest absolute Gasteiger partial charge is 0.0735 e. The third-order valence-corrected chi connectivity index (χ3v) is 13.1. The molecule has 0 radical (unpaired) electrons. The van der Waals surface area contributed by atoms with E-state index < -0.39 is 10.8 Å². The second kappa shape index (κ2) is 8.94. The molecule has 0 saturated carbocycles. The Labute approximate surface area is 277 Å². The molecule has 2 aliphatic heterocycles. The summed E-state index contributed by atoms with van der Waals surface area (Å²) < 4.78 is 0. The zero-order valence-corrected chi connectivity index (χ0v) is 26.5. The van der Waals surface area contributed by atoms with Gasteiger partial charge in [0.1, 0.15) is 0 Å². The molecule has 46 heavy (non-hydrogen) atoms. The van der Waals surface area contributed by atoms with E-state index >= 15 is 0 Å². The summed E-state index contributed by atoms with van der Waals surface area (Å²) in [6.45, 7) is 0. The molecule has 7 aromatic carbocycles. The third-order valence-electron chi connectivity index (χ3n) is 10.8. The Morgan fingerprint density at radius 1 is 0.261 bits per heavy atom. The average molecular weight is 619 g/mol. The van der Waals surface area contributed by atoms with Gasteiger partial charge in [-0.2, -0.15) is 0 Å². The van der Waals surface area contributed by atoms with Gasteiger partial charge in [0.2, 0.25) is 0 Å². The van der Waals surface area contributed by atoms with E-state index in [-0.39, 0.29) is 0 Å². The predicted octanol–water partition coefficient (Wildman–Crippen LogP) is 11.3. The molecule has 11 rings (SSSR count). The van der Waals surface area contributed by atoms with Gasteiger partial charge in [0.05, 0.1) is 10.8 Å². The zero-order valence-electron chi connectivity index (χ0n) is 24.8. The molecule has 0 amide bonds. The molecule has 0 unspecified atom stereocenters. The van der Waals surface area contributed by atoms with Crippen LogP contribution in [0.1, 0.15) is 44.5 Å². The van der Waals surface area contributed by atoms with Crippen LogP contribution in [-0.2, 0) is 10.8 Å². The molecule has 0 N–H and O–H groups in total. The first-order valence-electron chi connectivity index (χ1n) is 15.9. The molecule has 2 heterocycles. The van der Waals surface area contributed by atoms with Gasteiger partial charge < -0.3 is 0 Å². The third kappa shape index (κ3) is 2.88. The van der Waals surface area contributed by atoms with Gasteiger partial charge >= 0.3 is 0 Å². The van der Waals surface area contributed by atoms with Gasteiger partial charge in [0.15, 0.2) is 0 Å². The quantitative estimate of drug-likeness (QED) is 0.166. The molecule has 0 bridgehead atoms. The van der Waals surface area contributed by atoms with Crippen molar-refractivity contribution in [1.29, 1.82) is 0 Å². The minimum Gasteiger partial charge on any atom is -0.0894 e. The van der Waals surface area contributed by atoms with Crippen LogP contribution in [0.2, 0.25) is 0 Å². The summed E-state index contributed by atoms with van der Waals surface area (Å²) in [5, 5.41) is 0. The molecule has 7 aromatic rings. The summed E-state index contributed by atoms with van der Waals surface area (Å²) in [5.74, 6) is 0. The van der Waals surface area contributed by atoms with Gasteiger partial charge in [-0.05, 0) is 97.1 Å². The Hall–Kier alpha value is -4.76. The molecular formula is C44H26S2. The van der Waals surface area contributed by atoms with Crippen molar-refractivity contribution in [2.45, 2.75) is 30.4 Å². The molecule has 2 spiro atoms. The maximum atomic E-state index is 2.64. The van der Waals surface area contributed by atoms with Gasteiger partial charge in [0, 0.05) is 19.6 Å². The van der Waals surface area contributed by atoms with Crippen LogP contribution in [0, 0.1) is 0 Å². The van der Waals surface area contributed by atoms with Crippen LogP contribution in [0.4, 0.5) is 0 Å². The monoisotopic (exact) mass is 618 g/mol. The fraction of sp³-hybridized carbons (Fsp3) is 0.0455. The zero-order chi connectivity index (χ0) is 30.0. The van der Waals surface area contributed by atoms with Gasteiger partial charge in [-0.1, -0.05) is 151 Å². The van der Waals surface area contributed by atoms with E-state index in [9.17, 15) is 0 Å². The minimum absolute atomic E-state index is 0.405. The number of rotatable bonds is 0. The van der Waals surface area contributed by atoms with Crippen molar-refractivity contribution in [2.75, 3.05) is 0 Å². The normalized spacial score (nSPS) is 16.0. The first-order chi connectivity index (χ1) is 22.8. The van der Waals surface area contributed by atoms with Crippen LogP contribution in [0.5, 0.6) is 0 Å². The number of benzene rings is 7. The average Bonchev–Trinajstić information content (AvgIpc) is 3.56. The Balaban J connectivity index is 1.34. The highest BCUT2D eigenvalue weighted by Crippen LogP contribution is 2.67. The lowest BCUT2D eigenvalue weighted by atomic mass is 9.64. The fourth-order valence-electron chi connectivity index (χ4n) is 9.20. The lowest BCUT2D eigenvalue weighted by Crippen LogP contribution is -2.34. The van der Waals surface area contributed by atoms with E-state index in [0.29, 0.717) is 0 Å². The van der Waals surface area contributed by atoms with Crippen molar-refractivity contribution in [3.05, 3.63) is 202 Å². The van der Waals surface area contributed by atoms with E-state index in [1.54, 1.807) is 0 Å². The Morgan fingerprint density at radius 3 is 0.935 bits per heavy atom. The van der Waals surface area contributed by atoms with E-state index in [2.05, 4.69) is 158 Å². The van der Waals surface area contributed by atoms with E-state index in [4.69, 9.17) is 0 Å². The molecule has 0 aromatic heterocycles. The maximum absolute atomic E-state index is 2.64. The number of fused-ring (bicyclic) bond motifs is 18. The molecule has 0 nitrogen and oxygen atoms in total. The van der Waals surface area contributed by atoms with Crippen LogP contribution in [-0.4, -0.2) is 0 Å².